The van der Waals surface area contributed by atoms with Gasteiger partial charge in [-0.3, -0.25) is 5.41 Å². The molecule has 0 atom stereocenters. The molecule has 0 saturated heterocycles. The number of carbonyl (C=O) groups is 1. The second-order valence-electron chi connectivity index (χ2n) is 6.49. The molecule has 3 aromatic rings. The van der Waals surface area contributed by atoms with Crippen molar-refractivity contribution in [3.05, 3.63) is 76.9 Å². The monoisotopic (exact) mass is 391 g/mol. The highest BCUT2D eigenvalue weighted by atomic mass is 32.1. The third kappa shape index (κ3) is 2.14. The van der Waals surface area contributed by atoms with Gasteiger partial charge in [0.15, 0.2) is 5.60 Å². The highest BCUT2D eigenvalue weighted by Gasteiger charge is 2.53. The van der Waals surface area contributed by atoms with Crippen LogP contribution in [0.15, 0.2) is 59.5 Å². The molecule has 0 saturated carbocycles. The summed E-state index contributed by atoms with van der Waals surface area (Å²) in [6.07, 6.45) is 0. The molecule has 28 heavy (non-hydrogen) atoms. The standard InChI is InChI=1S/C21H13NO5S/c22-10-28-13-3-6-15-14(9-13)20(25)27-21(15)16-4-1-11(23)7-18(16)26-19-8-12(24)2-5-17(19)21/h1-9,22-24,28H. The fourth-order valence-electron chi connectivity index (χ4n) is 3.83. The first-order valence-corrected chi connectivity index (χ1v) is 9.27. The summed E-state index contributed by atoms with van der Waals surface area (Å²) in [4.78, 5) is 13.6. The average molecular weight is 391 g/mol. The van der Waals surface area contributed by atoms with E-state index in [1.54, 1.807) is 24.3 Å². The lowest BCUT2D eigenvalue weighted by Gasteiger charge is -2.36. The number of benzene rings is 3. The Morgan fingerprint density at radius 1 is 0.893 bits per heavy atom. The van der Waals surface area contributed by atoms with Gasteiger partial charge in [0, 0.05) is 38.9 Å². The lowest BCUT2D eigenvalue weighted by molar-refractivity contribution is 0.0224. The zero-order valence-electron chi connectivity index (χ0n) is 14.3. The van der Waals surface area contributed by atoms with Crippen molar-refractivity contribution >= 4 is 22.5 Å². The fraction of sp³-hybridized carbons (Fsp3) is 0.0476. The van der Waals surface area contributed by atoms with Crippen molar-refractivity contribution < 1.29 is 24.5 Å². The SMILES string of the molecule is N=C=[SH]c1ccc2c(c1)C(=O)OC21c2ccc(O)cc2Oc2cc(O)ccc21. The first-order valence-electron chi connectivity index (χ1n) is 8.38. The zero-order chi connectivity index (χ0) is 19.5. The highest BCUT2D eigenvalue weighted by Crippen LogP contribution is 2.57. The number of phenols is 2. The average Bonchev–Trinajstić information content (AvgIpc) is 2.94. The molecule has 0 bridgehead atoms. The molecule has 1 spiro atoms. The van der Waals surface area contributed by atoms with E-state index in [1.807, 2.05) is 6.07 Å². The van der Waals surface area contributed by atoms with E-state index in [9.17, 15) is 15.0 Å². The molecule has 5 rings (SSSR count). The van der Waals surface area contributed by atoms with Crippen molar-refractivity contribution in [1.82, 2.24) is 0 Å². The lowest BCUT2D eigenvalue weighted by Crippen LogP contribution is -2.32. The van der Waals surface area contributed by atoms with Crippen LogP contribution >= 0.6 is 11.4 Å². The Morgan fingerprint density at radius 3 is 2.11 bits per heavy atom. The van der Waals surface area contributed by atoms with E-state index in [4.69, 9.17) is 14.9 Å². The summed E-state index contributed by atoms with van der Waals surface area (Å²) in [7, 11) is 0. The van der Waals surface area contributed by atoms with Gasteiger partial charge in [0.05, 0.1) is 5.56 Å². The third-order valence-electron chi connectivity index (χ3n) is 4.94. The molecule has 3 aromatic carbocycles. The van der Waals surface area contributed by atoms with Gasteiger partial charge in [-0.05, 0) is 36.4 Å². The maximum Gasteiger partial charge on any atom is 0.340 e. The van der Waals surface area contributed by atoms with Gasteiger partial charge in [0.25, 0.3) is 0 Å². The van der Waals surface area contributed by atoms with Crippen molar-refractivity contribution in [1.29, 1.82) is 5.41 Å². The second-order valence-corrected chi connectivity index (χ2v) is 7.45. The van der Waals surface area contributed by atoms with Gasteiger partial charge in [-0.1, -0.05) is 6.07 Å². The number of rotatable bonds is 1. The predicted molar refractivity (Wildman–Crippen MR) is 103 cm³/mol. The van der Waals surface area contributed by atoms with Crippen LogP contribution in [0.4, 0.5) is 0 Å². The Labute approximate surface area is 163 Å². The van der Waals surface area contributed by atoms with Gasteiger partial charge in [0.1, 0.15) is 23.0 Å². The van der Waals surface area contributed by atoms with Crippen molar-refractivity contribution in [2.45, 2.75) is 10.5 Å². The molecule has 6 nitrogen and oxygen atoms in total. The van der Waals surface area contributed by atoms with E-state index in [0.717, 1.165) is 4.90 Å². The molecular weight excluding hydrogens is 378 g/mol. The van der Waals surface area contributed by atoms with Gasteiger partial charge in [0.2, 0.25) is 0 Å². The molecule has 2 aliphatic heterocycles. The quantitative estimate of drug-likeness (QED) is 0.218. The normalized spacial score (nSPS) is 15.1. The molecule has 7 heteroatoms. The largest absolute Gasteiger partial charge is 0.508 e. The van der Waals surface area contributed by atoms with E-state index in [1.165, 1.54) is 24.3 Å². The van der Waals surface area contributed by atoms with Crippen LogP contribution in [0.3, 0.4) is 0 Å². The minimum absolute atomic E-state index is 0.0118. The van der Waals surface area contributed by atoms with Crippen LogP contribution < -0.4 is 4.74 Å². The molecule has 0 aromatic heterocycles. The first kappa shape index (κ1) is 16.6. The number of thiol groups is 1. The molecule has 0 fully saturated rings. The molecule has 2 aliphatic rings. The number of isothiocyanates is 1. The van der Waals surface area contributed by atoms with Gasteiger partial charge < -0.3 is 19.7 Å². The van der Waals surface area contributed by atoms with Crippen LogP contribution in [-0.4, -0.2) is 21.3 Å². The Kier molecular flexibility index (Phi) is 3.40. The van der Waals surface area contributed by atoms with Crippen LogP contribution in [-0.2, 0) is 10.3 Å². The van der Waals surface area contributed by atoms with E-state index in [2.05, 4.69) is 5.16 Å². The van der Waals surface area contributed by atoms with Crippen LogP contribution in [0.5, 0.6) is 23.0 Å². The van der Waals surface area contributed by atoms with Gasteiger partial charge in [-0.15, -0.1) is 11.4 Å². The minimum Gasteiger partial charge on any atom is -0.508 e. The Hall–Kier alpha value is -3.54. The summed E-state index contributed by atoms with van der Waals surface area (Å²) in [5, 5.41) is 29.3. The summed E-state index contributed by atoms with van der Waals surface area (Å²) in [5.74, 6) is 0.218. The maximum atomic E-state index is 12.8. The lowest BCUT2D eigenvalue weighted by atomic mass is 9.77. The van der Waals surface area contributed by atoms with E-state index < -0.39 is 11.6 Å². The van der Waals surface area contributed by atoms with Crippen LogP contribution in [0.25, 0.3) is 0 Å². The summed E-state index contributed by atoms with van der Waals surface area (Å²) in [6.45, 7) is 0. The summed E-state index contributed by atoms with van der Waals surface area (Å²) < 4.78 is 11.9. The van der Waals surface area contributed by atoms with Gasteiger partial charge in [-0.25, -0.2) is 4.79 Å². The van der Waals surface area contributed by atoms with E-state index in [0.29, 0.717) is 45.1 Å². The van der Waals surface area contributed by atoms with Gasteiger partial charge in [-0.2, -0.15) is 0 Å². The summed E-state index contributed by atoms with van der Waals surface area (Å²) >= 11 is 0.555. The van der Waals surface area contributed by atoms with Gasteiger partial charge >= 0.3 is 5.97 Å². The number of esters is 1. The molecule has 2 heterocycles. The Bertz CT molecular complexity index is 1180. The van der Waals surface area contributed by atoms with Crippen LogP contribution in [0.1, 0.15) is 27.0 Å². The van der Waals surface area contributed by atoms with E-state index >= 15 is 0 Å². The zero-order valence-corrected chi connectivity index (χ0v) is 15.2. The van der Waals surface area contributed by atoms with Crippen molar-refractivity contribution in [3.8, 4) is 23.0 Å². The molecular formula is C21H13NO5S. The molecule has 0 radical (unpaired) electrons. The van der Waals surface area contributed by atoms with E-state index in [-0.39, 0.29) is 11.5 Å². The number of hydrogen-bond donors (Lipinski definition) is 4. The molecule has 0 amide bonds. The molecule has 0 aliphatic carbocycles. The number of carbonyl (C=O) groups excluding carboxylic acids is 1. The first-order chi connectivity index (χ1) is 13.5. The molecule has 0 unspecified atom stereocenters. The topological polar surface area (TPSA) is 99.8 Å². The second kappa shape index (κ2) is 5.73. The number of ether oxygens (including phenoxy) is 2. The highest BCUT2D eigenvalue weighted by molar-refractivity contribution is 7.97. The summed E-state index contributed by atoms with van der Waals surface area (Å²) in [5.41, 5.74) is 0.961. The number of phenolic OH excluding ortho intramolecular Hbond substituents is 2. The van der Waals surface area contributed by atoms with Crippen LogP contribution in [0, 0.1) is 5.41 Å². The number of hydrogen-bond acceptors (Lipinski definition) is 6. The Morgan fingerprint density at radius 2 is 1.50 bits per heavy atom. The van der Waals surface area contributed by atoms with Crippen LogP contribution in [0.2, 0.25) is 0 Å². The molecule has 3 N–H and O–H groups in total. The number of nitrogens with one attached hydrogen (secondary N) is 1. The number of fused-ring (bicyclic) bond motifs is 6. The van der Waals surface area contributed by atoms with Crippen molar-refractivity contribution in [2.75, 3.05) is 0 Å². The van der Waals surface area contributed by atoms with Crippen molar-refractivity contribution in [3.63, 3.8) is 0 Å². The predicted octanol–water partition coefficient (Wildman–Crippen LogP) is 3.97. The third-order valence-corrected chi connectivity index (χ3v) is 5.59. The fourth-order valence-corrected chi connectivity index (χ4v) is 4.30. The maximum absolute atomic E-state index is 12.8. The minimum atomic E-state index is -1.25. The summed E-state index contributed by atoms with van der Waals surface area (Å²) in [6, 6.07) is 14.6. The molecule has 138 valence electrons. The smallest absolute Gasteiger partial charge is 0.340 e. The number of aromatic hydroxyl groups is 2. The van der Waals surface area contributed by atoms with Crippen molar-refractivity contribution in [2.24, 2.45) is 0 Å². The Balaban J connectivity index is 1.86.